The first-order valence-electron chi connectivity index (χ1n) is 7.09. The van der Waals surface area contributed by atoms with Crippen LogP contribution in [0.5, 0.6) is 0 Å². The van der Waals surface area contributed by atoms with Crippen molar-refractivity contribution in [3.8, 4) is 5.69 Å². The summed E-state index contributed by atoms with van der Waals surface area (Å²) in [6.45, 7) is 2.72. The number of nitrogens with zero attached hydrogens (tertiary/aromatic N) is 3. The summed E-state index contributed by atoms with van der Waals surface area (Å²) in [6, 6.07) is 7.43. The fourth-order valence-corrected chi connectivity index (χ4v) is 2.49. The highest BCUT2D eigenvalue weighted by Gasteiger charge is 2.25. The zero-order chi connectivity index (χ0) is 15.7. The molecule has 0 spiro atoms. The number of carbonyl (C=O) groups excluding carboxylic acids is 1. The molecule has 2 aromatic rings. The number of aliphatic hydroxyl groups excluding tert-OH is 1. The van der Waals surface area contributed by atoms with Gasteiger partial charge in [-0.05, 0) is 37.6 Å². The van der Waals surface area contributed by atoms with E-state index in [9.17, 15) is 14.3 Å². The van der Waals surface area contributed by atoms with Crippen molar-refractivity contribution in [2.75, 3.05) is 18.4 Å². The molecule has 2 N–H and O–H groups in total. The summed E-state index contributed by atoms with van der Waals surface area (Å²) in [5.41, 5.74) is 1.54. The van der Waals surface area contributed by atoms with Crippen molar-refractivity contribution in [2.24, 2.45) is 0 Å². The zero-order valence-electron chi connectivity index (χ0n) is 12.2. The van der Waals surface area contributed by atoms with Crippen LogP contribution in [0.15, 0.2) is 30.3 Å². The molecule has 1 aromatic carbocycles. The van der Waals surface area contributed by atoms with Crippen LogP contribution in [0.4, 0.5) is 15.0 Å². The highest BCUT2D eigenvalue weighted by atomic mass is 19.1. The second-order valence-corrected chi connectivity index (χ2v) is 5.38. The lowest BCUT2D eigenvalue weighted by atomic mass is 10.3. The third-order valence-corrected chi connectivity index (χ3v) is 3.64. The normalized spacial score (nSPS) is 17.8. The summed E-state index contributed by atoms with van der Waals surface area (Å²) in [4.78, 5) is 13.6. The molecule has 0 aliphatic carbocycles. The highest BCUT2D eigenvalue weighted by Crippen LogP contribution is 2.17. The fourth-order valence-electron chi connectivity index (χ4n) is 2.49. The van der Waals surface area contributed by atoms with E-state index in [0.717, 1.165) is 11.4 Å². The Bertz CT molecular complexity index is 683. The molecule has 22 heavy (non-hydrogen) atoms. The molecule has 1 unspecified atom stereocenters. The minimum absolute atomic E-state index is 0.277. The van der Waals surface area contributed by atoms with Gasteiger partial charge in [0, 0.05) is 24.8 Å². The minimum Gasteiger partial charge on any atom is -0.391 e. The number of hydrogen-bond donors (Lipinski definition) is 2. The second kappa shape index (κ2) is 5.76. The average molecular weight is 304 g/mol. The fraction of sp³-hybridized carbons (Fsp3) is 0.333. The standard InChI is InChI=1S/C15H17FN4O2/c1-10-8-14(17-15(22)19-7-6-13(21)9-19)18-20(10)12-4-2-11(16)3-5-12/h2-5,8,13,21H,6-7,9H2,1H3,(H,17,18,22). The molecule has 2 heterocycles. The lowest BCUT2D eigenvalue weighted by Gasteiger charge is -2.15. The number of likely N-dealkylation sites (tertiary alicyclic amines) is 1. The van der Waals surface area contributed by atoms with Gasteiger partial charge < -0.3 is 10.0 Å². The van der Waals surface area contributed by atoms with Crippen LogP contribution >= 0.6 is 0 Å². The van der Waals surface area contributed by atoms with Crippen LogP contribution in [-0.4, -0.2) is 45.0 Å². The summed E-state index contributed by atoms with van der Waals surface area (Å²) < 4.78 is 14.6. The van der Waals surface area contributed by atoms with E-state index < -0.39 is 6.10 Å². The number of halogens is 1. The van der Waals surface area contributed by atoms with Gasteiger partial charge in [-0.3, -0.25) is 5.32 Å². The Morgan fingerprint density at radius 1 is 1.41 bits per heavy atom. The summed E-state index contributed by atoms with van der Waals surface area (Å²) in [6.07, 6.45) is 0.139. The van der Waals surface area contributed by atoms with Crippen molar-refractivity contribution in [2.45, 2.75) is 19.4 Å². The molecule has 7 heteroatoms. The minimum atomic E-state index is -0.454. The van der Waals surface area contributed by atoms with Gasteiger partial charge in [-0.25, -0.2) is 13.9 Å². The van der Waals surface area contributed by atoms with E-state index >= 15 is 0 Å². The van der Waals surface area contributed by atoms with Crippen molar-refractivity contribution in [1.29, 1.82) is 0 Å². The highest BCUT2D eigenvalue weighted by molar-refractivity contribution is 5.88. The third-order valence-electron chi connectivity index (χ3n) is 3.64. The number of β-amino-alcohol motifs (C(OH)–C–C–N with tert-alkyl or cyclic N) is 1. The Morgan fingerprint density at radius 2 is 2.14 bits per heavy atom. The molecule has 3 rings (SSSR count). The predicted octanol–water partition coefficient (Wildman–Crippen LogP) is 1.92. The van der Waals surface area contributed by atoms with Gasteiger partial charge in [0.25, 0.3) is 0 Å². The number of carbonyl (C=O) groups is 1. The Hall–Kier alpha value is -2.41. The number of nitrogens with one attached hydrogen (secondary N) is 1. The third kappa shape index (κ3) is 2.94. The molecule has 6 nitrogen and oxygen atoms in total. The van der Waals surface area contributed by atoms with Crippen LogP contribution in [0.1, 0.15) is 12.1 Å². The Balaban J connectivity index is 1.75. The zero-order valence-corrected chi connectivity index (χ0v) is 12.2. The van der Waals surface area contributed by atoms with Crippen molar-refractivity contribution in [1.82, 2.24) is 14.7 Å². The molecule has 1 saturated heterocycles. The van der Waals surface area contributed by atoms with E-state index in [-0.39, 0.29) is 11.8 Å². The van der Waals surface area contributed by atoms with Gasteiger partial charge in [0.2, 0.25) is 0 Å². The van der Waals surface area contributed by atoms with Crippen LogP contribution < -0.4 is 5.32 Å². The van der Waals surface area contributed by atoms with E-state index in [1.165, 1.54) is 12.1 Å². The molecule has 1 aliphatic heterocycles. The summed E-state index contributed by atoms with van der Waals surface area (Å²) in [5.74, 6) is 0.114. The first-order chi connectivity index (χ1) is 10.5. The first-order valence-corrected chi connectivity index (χ1v) is 7.09. The van der Waals surface area contributed by atoms with E-state index in [2.05, 4.69) is 10.4 Å². The van der Waals surface area contributed by atoms with Crippen LogP contribution in [-0.2, 0) is 0 Å². The maximum Gasteiger partial charge on any atom is 0.323 e. The van der Waals surface area contributed by atoms with Crippen molar-refractivity contribution < 1.29 is 14.3 Å². The van der Waals surface area contributed by atoms with Crippen molar-refractivity contribution in [3.05, 3.63) is 41.8 Å². The molecule has 0 bridgehead atoms. The quantitative estimate of drug-likeness (QED) is 0.890. The largest absolute Gasteiger partial charge is 0.391 e. The van der Waals surface area contributed by atoms with Crippen molar-refractivity contribution >= 4 is 11.8 Å². The van der Waals surface area contributed by atoms with E-state index in [4.69, 9.17) is 0 Å². The molecule has 0 radical (unpaired) electrons. The van der Waals surface area contributed by atoms with Crippen LogP contribution in [0.25, 0.3) is 5.69 Å². The van der Waals surface area contributed by atoms with Gasteiger partial charge in [-0.1, -0.05) is 0 Å². The number of benzene rings is 1. The molecule has 1 fully saturated rings. The average Bonchev–Trinajstić information content (AvgIpc) is 3.06. The molecular weight excluding hydrogens is 287 g/mol. The maximum atomic E-state index is 13.0. The summed E-state index contributed by atoms with van der Waals surface area (Å²) >= 11 is 0. The molecule has 116 valence electrons. The molecular formula is C15H17FN4O2. The number of urea groups is 1. The summed E-state index contributed by atoms with van der Waals surface area (Å²) in [5, 5.41) is 16.5. The number of rotatable bonds is 2. The monoisotopic (exact) mass is 304 g/mol. The molecule has 1 aliphatic rings. The lowest BCUT2D eigenvalue weighted by Crippen LogP contribution is -2.33. The lowest BCUT2D eigenvalue weighted by molar-refractivity contribution is 0.176. The molecule has 0 saturated carbocycles. The molecule has 1 atom stereocenters. The maximum absolute atomic E-state index is 13.0. The first kappa shape index (κ1) is 14.5. The Labute approximate surface area is 127 Å². The van der Waals surface area contributed by atoms with E-state index in [0.29, 0.717) is 25.3 Å². The van der Waals surface area contributed by atoms with Gasteiger partial charge >= 0.3 is 6.03 Å². The summed E-state index contributed by atoms with van der Waals surface area (Å²) in [7, 11) is 0. The predicted molar refractivity (Wildman–Crippen MR) is 79.5 cm³/mol. The number of hydrogen-bond acceptors (Lipinski definition) is 3. The number of anilines is 1. The molecule has 1 aromatic heterocycles. The number of amides is 2. The van der Waals surface area contributed by atoms with Crippen molar-refractivity contribution in [3.63, 3.8) is 0 Å². The van der Waals surface area contributed by atoms with Crippen LogP contribution in [0.2, 0.25) is 0 Å². The van der Waals surface area contributed by atoms with E-state index in [1.54, 1.807) is 27.8 Å². The number of aliphatic hydroxyl groups is 1. The van der Waals surface area contributed by atoms with Gasteiger partial charge in [-0.15, -0.1) is 5.10 Å². The molecule has 2 amide bonds. The SMILES string of the molecule is Cc1cc(NC(=O)N2CCC(O)C2)nn1-c1ccc(F)cc1. The van der Waals surface area contributed by atoms with Gasteiger partial charge in [0.05, 0.1) is 11.8 Å². The van der Waals surface area contributed by atoms with E-state index in [1.807, 2.05) is 6.92 Å². The Kier molecular flexibility index (Phi) is 3.81. The van der Waals surface area contributed by atoms with Crippen LogP contribution in [0, 0.1) is 12.7 Å². The van der Waals surface area contributed by atoms with Crippen LogP contribution in [0.3, 0.4) is 0 Å². The second-order valence-electron chi connectivity index (χ2n) is 5.38. The topological polar surface area (TPSA) is 70.4 Å². The Morgan fingerprint density at radius 3 is 2.77 bits per heavy atom. The number of aromatic nitrogens is 2. The van der Waals surface area contributed by atoms with Gasteiger partial charge in [-0.2, -0.15) is 0 Å². The smallest absolute Gasteiger partial charge is 0.323 e. The van der Waals surface area contributed by atoms with Gasteiger partial charge in [0.1, 0.15) is 5.82 Å². The van der Waals surface area contributed by atoms with Gasteiger partial charge in [0.15, 0.2) is 5.82 Å². The number of aryl methyl sites for hydroxylation is 1.